The van der Waals surface area contributed by atoms with Crippen molar-refractivity contribution < 1.29 is 9.26 Å². The van der Waals surface area contributed by atoms with E-state index in [4.69, 9.17) is 15.0 Å². The van der Waals surface area contributed by atoms with Crippen LogP contribution in [0.4, 0.5) is 0 Å². The first-order chi connectivity index (χ1) is 9.15. The van der Waals surface area contributed by atoms with Gasteiger partial charge in [0, 0.05) is 6.20 Å². The van der Waals surface area contributed by atoms with E-state index in [-0.39, 0.29) is 0 Å². The second-order valence-corrected chi connectivity index (χ2v) is 5.19. The van der Waals surface area contributed by atoms with Gasteiger partial charge in [0.05, 0.1) is 24.5 Å². The molecule has 1 fully saturated rings. The van der Waals surface area contributed by atoms with Crippen LogP contribution in [0.5, 0.6) is 0 Å². The minimum Gasteiger partial charge on any atom is -0.376 e. The van der Waals surface area contributed by atoms with E-state index >= 15 is 0 Å². The predicted molar refractivity (Wildman–Crippen MR) is 67.0 cm³/mol. The van der Waals surface area contributed by atoms with Gasteiger partial charge in [0.2, 0.25) is 0 Å². The Balaban J connectivity index is 1.69. The van der Waals surface area contributed by atoms with Gasteiger partial charge < -0.3 is 15.0 Å². The van der Waals surface area contributed by atoms with Gasteiger partial charge in [0.15, 0.2) is 5.82 Å². The number of H-pyrrole nitrogens is 1. The molecule has 7 nitrogen and oxygen atoms in total. The standard InChI is InChI=1S/C12H17N5O2/c1-12(13,7-18-9-3-2-4-9)11-16-10(19-17-11)8-5-14-15-6-8/h5-6,9H,2-4,7,13H2,1H3,(H,14,15). The number of rotatable bonds is 5. The van der Waals surface area contributed by atoms with Crippen LogP contribution in [-0.4, -0.2) is 33.0 Å². The summed E-state index contributed by atoms with van der Waals surface area (Å²) in [4.78, 5) is 4.30. The number of nitrogens with one attached hydrogen (secondary N) is 1. The van der Waals surface area contributed by atoms with Crippen molar-refractivity contribution in [2.24, 2.45) is 5.73 Å². The van der Waals surface area contributed by atoms with E-state index in [1.165, 1.54) is 6.42 Å². The molecule has 19 heavy (non-hydrogen) atoms. The summed E-state index contributed by atoms with van der Waals surface area (Å²) in [6.45, 7) is 2.23. The van der Waals surface area contributed by atoms with E-state index in [9.17, 15) is 0 Å². The topological polar surface area (TPSA) is 103 Å². The molecule has 1 unspecified atom stereocenters. The fourth-order valence-corrected chi connectivity index (χ4v) is 1.83. The lowest BCUT2D eigenvalue weighted by Crippen LogP contribution is -2.41. The minimum atomic E-state index is -0.749. The monoisotopic (exact) mass is 263 g/mol. The van der Waals surface area contributed by atoms with E-state index in [2.05, 4.69) is 20.3 Å². The normalized spacial score (nSPS) is 19.1. The van der Waals surface area contributed by atoms with Crippen LogP contribution in [0, 0.1) is 0 Å². The Kier molecular flexibility index (Phi) is 3.08. The third kappa shape index (κ3) is 2.52. The summed E-state index contributed by atoms with van der Waals surface area (Å²) < 4.78 is 10.9. The molecule has 2 aromatic heterocycles. The van der Waals surface area contributed by atoms with E-state index in [0.29, 0.717) is 24.4 Å². The summed E-state index contributed by atoms with van der Waals surface area (Å²) in [5, 5.41) is 10.5. The first kappa shape index (κ1) is 12.3. The molecule has 0 spiro atoms. The molecule has 0 saturated heterocycles. The van der Waals surface area contributed by atoms with Gasteiger partial charge in [-0.25, -0.2) is 0 Å². The first-order valence-corrected chi connectivity index (χ1v) is 6.39. The Labute approximate surface area is 110 Å². The third-order valence-corrected chi connectivity index (χ3v) is 3.35. The molecule has 1 saturated carbocycles. The zero-order chi connectivity index (χ0) is 13.3. The second-order valence-electron chi connectivity index (χ2n) is 5.19. The molecule has 7 heteroatoms. The van der Waals surface area contributed by atoms with Gasteiger partial charge in [-0.1, -0.05) is 5.16 Å². The zero-order valence-electron chi connectivity index (χ0n) is 10.8. The minimum absolute atomic E-state index is 0.336. The SMILES string of the molecule is CC(N)(COC1CCC1)c1noc(-c2cn[nH]c2)n1. The summed E-state index contributed by atoms with van der Waals surface area (Å²) in [6.07, 6.45) is 7.11. The molecule has 0 amide bonds. The van der Waals surface area contributed by atoms with Gasteiger partial charge in [0.1, 0.15) is 5.54 Å². The highest BCUT2D eigenvalue weighted by Crippen LogP contribution is 2.25. The highest BCUT2D eigenvalue weighted by molar-refractivity contribution is 5.49. The molecule has 0 aromatic carbocycles. The summed E-state index contributed by atoms with van der Waals surface area (Å²) >= 11 is 0. The van der Waals surface area contributed by atoms with Crippen molar-refractivity contribution in [2.75, 3.05) is 6.61 Å². The molecule has 102 valence electrons. The average molecular weight is 263 g/mol. The molecular formula is C12H17N5O2. The largest absolute Gasteiger partial charge is 0.376 e. The molecule has 0 aliphatic heterocycles. The van der Waals surface area contributed by atoms with Gasteiger partial charge in [0.25, 0.3) is 5.89 Å². The van der Waals surface area contributed by atoms with Crippen molar-refractivity contribution in [2.45, 2.75) is 37.8 Å². The maximum atomic E-state index is 6.20. The molecule has 3 rings (SSSR count). The van der Waals surface area contributed by atoms with E-state index in [1.807, 2.05) is 6.92 Å². The summed E-state index contributed by atoms with van der Waals surface area (Å²) in [7, 11) is 0. The van der Waals surface area contributed by atoms with Gasteiger partial charge in [-0.15, -0.1) is 0 Å². The van der Waals surface area contributed by atoms with Crippen LogP contribution in [0.25, 0.3) is 11.5 Å². The van der Waals surface area contributed by atoms with Crippen LogP contribution in [0.15, 0.2) is 16.9 Å². The van der Waals surface area contributed by atoms with Gasteiger partial charge in [-0.3, -0.25) is 5.10 Å². The quantitative estimate of drug-likeness (QED) is 0.840. The molecule has 3 N–H and O–H groups in total. The smallest absolute Gasteiger partial charge is 0.261 e. The maximum absolute atomic E-state index is 6.20. The average Bonchev–Trinajstić information content (AvgIpc) is 2.98. The maximum Gasteiger partial charge on any atom is 0.261 e. The Bertz CT molecular complexity index is 530. The Morgan fingerprint density at radius 3 is 3.05 bits per heavy atom. The van der Waals surface area contributed by atoms with Crippen molar-refractivity contribution in [3.63, 3.8) is 0 Å². The molecule has 0 radical (unpaired) electrons. The number of aromatic nitrogens is 4. The summed E-state index contributed by atoms with van der Waals surface area (Å²) in [6, 6.07) is 0. The van der Waals surface area contributed by atoms with Crippen LogP contribution < -0.4 is 5.73 Å². The van der Waals surface area contributed by atoms with Gasteiger partial charge in [-0.2, -0.15) is 10.1 Å². The molecule has 1 aliphatic carbocycles. The summed E-state index contributed by atoms with van der Waals surface area (Å²) in [5.41, 5.74) is 6.19. The van der Waals surface area contributed by atoms with Crippen molar-refractivity contribution in [3.8, 4) is 11.5 Å². The van der Waals surface area contributed by atoms with E-state index in [0.717, 1.165) is 18.4 Å². The van der Waals surface area contributed by atoms with Crippen molar-refractivity contribution in [3.05, 3.63) is 18.2 Å². The van der Waals surface area contributed by atoms with Crippen molar-refractivity contribution in [1.82, 2.24) is 20.3 Å². The van der Waals surface area contributed by atoms with Crippen LogP contribution in [0.3, 0.4) is 0 Å². The predicted octanol–water partition coefficient (Wildman–Crippen LogP) is 1.20. The molecule has 2 heterocycles. The second kappa shape index (κ2) is 4.75. The third-order valence-electron chi connectivity index (χ3n) is 3.35. The van der Waals surface area contributed by atoms with Gasteiger partial charge in [-0.05, 0) is 26.2 Å². The lowest BCUT2D eigenvalue weighted by atomic mass is 9.95. The number of ether oxygens (including phenoxy) is 1. The molecular weight excluding hydrogens is 246 g/mol. The van der Waals surface area contributed by atoms with Crippen LogP contribution in [0.2, 0.25) is 0 Å². The number of nitrogens with two attached hydrogens (primary N) is 1. The Hall–Kier alpha value is -1.73. The highest BCUT2D eigenvalue weighted by atomic mass is 16.5. The molecule has 2 aromatic rings. The molecule has 1 aliphatic rings. The molecule has 0 bridgehead atoms. The Morgan fingerprint density at radius 1 is 1.58 bits per heavy atom. The number of aromatic amines is 1. The first-order valence-electron chi connectivity index (χ1n) is 6.39. The van der Waals surface area contributed by atoms with Crippen LogP contribution in [0.1, 0.15) is 32.0 Å². The fraction of sp³-hybridized carbons (Fsp3) is 0.583. The van der Waals surface area contributed by atoms with E-state index < -0.39 is 5.54 Å². The highest BCUT2D eigenvalue weighted by Gasteiger charge is 2.30. The Morgan fingerprint density at radius 2 is 2.42 bits per heavy atom. The lowest BCUT2D eigenvalue weighted by Gasteiger charge is -2.29. The van der Waals surface area contributed by atoms with Crippen molar-refractivity contribution >= 4 is 0 Å². The van der Waals surface area contributed by atoms with Crippen LogP contribution >= 0.6 is 0 Å². The number of nitrogens with zero attached hydrogens (tertiary/aromatic N) is 3. The van der Waals surface area contributed by atoms with Crippen LogP contribution in [-0.2, 0) is 10.3 Å². The lowest BCUT2D eigenvalue weighted by molar-refractivity contribution is -0.0222. The number of hydrogen-bond acceptors (Lipinski definition) is 6. The number of hydrogen-bond donors (Lipinski definition) is 2. The van der Waals surface area contributed by atoms with E-state index in [1.54, 1.807) is 12.4 Å². The fourth-order valence-electron chi connectivity index (χ4n) is 1.83. The summed E-state index contributed by atoms with van der Waals surface area (Å²) in [5.74, 6) is 0.854. The van der Waals surface area contributed by atoms with Crippen molar-refractivity contribution in [1.29, 1.82) is 0 Å². The molecule has 1 atom stereocenters. The zero-order valence-corrected chi connectivity index (χ0v) is 10.8. The van der Waals surface area contributed by atoms with Gasteiger partial charge >= 0.3 is 0 Å².